The number of likely N-dealkylation sites (N-methyl/N-ethyl adjacent to an activating group) is 1. The number of amides is 2. The number of ether oxygens (including phenoxy) is 1. The molecular weight excluding hydrogens is 554 g/mol. The Balaban J connectivity index is 0.00000145. The van der Waals surface area contributed by atoms with Crippen molar-refractivity contribution in [1.29, 1.82) is 0 Å². The number of aliphatic hydroxyl groups excluding tert-OH is 2. The van der Waals surface area contributed by atoms with Crippen molar-refractivity contribution in [2.75, 3.05) is 19.7 Å². The molecule has 2 rings (SSSR count). The Bertz CT molecular complexity index is 1120. The fourth-order valence-electron chi connectivity index (χ4n) is 3.45. The molecule has 3 N–H and O–H groups in total. The third kappa shape index (κ3) is 13.9. The maximum Gasteiger partial charge on any atom is 0.254 e. The Labute approximate surface area is 256 Å². The number of allylic oxidation sites excluding steroid dienone is 5. The zero-order valence-electron chi connectivity index (χ0n) is 25.8. The van der Waals surface area contributed by atoms with Crippen LogP contribution in [0.2, 0.25) is 0 Å². The summed E-state index contributed by atoms with van der Waals surface area (Å²) in [5.41, 5.74) is 2.59. The van der Waals surface area contributed by atoms with Crippen LogP contribution in [0.5, 0.6) is 5.88 Å². The molecule has 0 spiro atoms. The molecule has 0 aliphatic rings. The van der Waals surface area contributed by atoms with E-state index in [2.05, 4.69) is 16.9 Å². The minimum absolute atomic E-state index is 0.149. The second-order valence-electron chi connectivity index (χ2n) is 8.63. The van der Waals surface area contributed by atoms with Gasteiger partial charge >= 0.3 is 0 Å². The topological polar surface area (TPSA) is 112 Å². The lowest BCUT2D eigenvalue weighted by Gasteiger charge is -2.25. The number of carbonyl (C=O) groups excluding carboxylic acids is 2. The molecule has 0 bridgehead atoms. The van der Waals surface area contributed by atoms with E-state index in [1.807, 2.05) is 77.1 Å². The van der Waals surface area contributed by atoms with Crippen molar-refractivity contribution < 1.29 is 24.5 Å². The van der Waals surface area contributed by atoms with Crippen LogP contribution in [0.25, 0.3) is 11.1 Å². The maximum absolute atomic E-state index is 12.4. The fraction of sp³-hybridized carbons (Fsp3) is 0.424. The molecular formula is C33H48ClN3O5. The number of halogens is 1. The van der Waals surface area contributed by atoms with Gasteiger partial charge in [0.05, 0.1) is 6.61 Å². The lowest BCUT2D eigenvalue weighted by atomic mass is 10.0. The second kappa shape index (κ2) is 23.1. The van der Waals surface area contributed by atoms with E-state index in [9.17, 15) is 19.8 Å². The van der Waals surface area contributed by atoms with E-state index in [-0.39, 0.29) is 6.54 Å². The Morgan fingerprint density at radius 2 is 1.79 bits per heavy atom. The van der Waals surface area contributed by atoms with E-state index in [1.54, 1.807) is 31.3 Å². The fourth-order valence-corrected chi connectivity index (χ4v) is 3.53. The highest BCUT2D eigenvalue weighted by Gasteiger charge is 2.32. The molecule has 0 fully saturated rings. The predicted octanol–water partition coefficient (Wildman–Crippen LogP) is 6.03. The third-order valence-corrected chi connectivity index (χ3v) is 6.09. The SMILES string of the molecule is C=C/C=C\C(Cl)=C/C.CC.CCCCN(CC)C(=O)[C@H](O)C(O)C(=O)NCc1ccc(-c2cccnc2OCC)cc1. The maximum atomic E-state index is 12.4. The number of unbranched alkanes of at least 4 members (excludes halogenated alkanes) is 1. The summed E-state index contributed by atoms with van der Waals surface area (Å²) < 4.78 is 5.56. The molecule has 0 saturated carbocycles. The second-order valence-corrected chi connectivity index (χ2v) is 9.07. The van der Waals surface area contributed by atoms with Crippen LogP contribution in [0.4, 0.5) is 0 Å². The molecule has 0 saturated heterocycles. The molecule has 0 aliphatic heterocycles. The summed E-state index contributed by atoms with van der Waals surface area (Å²) in [6.45, 7) is 16.6. The molecule has 8 nitrogen and oxygen atoms in total. The number of benzene rings is 1. The molecule has 9 heteroatoms. The van der Waals surface area contributed by atoms with Crippen LogP contribution >= 0.6 is 11.6 Å². The van der Waals surface area contributed by atoms with Crippen LogP contribution < -0.4 is 10.1 Å². The number of carbonyl (C=O) groups is 2. The highest BCUT2D eigenvalue weighted by Crippen LogP contribution is 2.27. The van der Waals surface area contributed by atoms with Gasteiger partial charge < -0.3 is 25.2 Å². The van der Waals surface area contributed by atoms with Gasteiger partial charge in [0.15, 0.2) is 12.2 Å². The number of aromatic nitrogens is 1. The van der Waals surface area contributed by atoms with Gasteiger partial charge in [0.25, 0.3) is 11.8 Å². The van der Waals surface area contributed by atoms with Crippen LogP contribution in [0.3, 0.4) is 0 Å². The van der Waals surface area contributed by atoms with Crippen LogP contribution in [-0.2, 0) is 16.1 Å². The Morgan fingerprint density at radius 1 is 1.12 bits per heavy atom. The van der Waals surface area contributed by atoms with Gasteiger partial charge in [0, 0.05) is 36.4 Å². The monoisotopic (exact) mass is 601 g/mol. The first-order valence-corrected chi connectivity index (χ1v) is 14.8. The number of aliphatic hydroxyl groups is 2. The molecule has 232 valence electrons. The minimum Gasteiger partial charge on any atom is -0.478 e. The number of nitrogens with one attached hydrogen (secondary N) is 1. The summed E-state index contributed by atoms with van der Waals surface area (Å²) in [6, 6.07) is 11.2. The van der Waals surface area contributed by atoms with Gasteiger partial charge in [-0.05, 0) is 56.5 Å². The quantitative estimate of drug-likeness (QED) is 0.228. The summed E-state index contributed by atoms with van der Waals surface area (Å²) in [7, 11) is 0. The summed E-state index contributed by atoms with van der Waals surface area (Å²) in [6.07, 6.45) is 6.82. The van der Waals surface area contributed by atoms with E-state index in [1.165, 1.54) is 4.90 Å². The summed E-state index contributed by atoms with van der Waals surface area (Å²) >= 11 is 5.57. The minimum atomic E-state index is -1.83. The highest BCUT2D eigenvalue weighted by molar-refractivity contribution is 6.31. The largest absolute Gasteiger partial charge is 0.478 e. The Kier molecular flexibility index (Phi) is 21.2. The number of rotatable bonds is 14. The first-order chi connectivity index (χ1) is 20.2. The van der Waals surface area contributed by atoms with Crippen molar-refractivity contribution in [3.8, 4) is 17.0 Å². The van der Waals surface area contributed by atoms with Gasteiger partial charge in [-0.1, -0.05) is 87.9 Å². The van der Waals surface area contributed by atoms with Crippen LogP contribution in [-0.4, -0.2) is 63.8 Å². The molecule has 42 heavy (non-hydrogen) atoms. The zero-order valence-corrected chi connectivity index (χ0v) is 26.6. The summed E-state index contributed by atoms with van der Waals surface area (Å²) in [5.74, 6) is -0.889. The number of pyridine rings is 1. The van der Waals surface area contributed by atoms with Gasteiger partial charge in [-0.15, -0.1) is 0 Å². The van der Waals surface area contributed by atoms with Crippen molar-refractivity contribution in [2.24, 2.45) is 0 Å². The lowest BCUT2D eigenvalue weighted by Crippen LogP contribution is -2.50. The molecule has 0 radical (unpaired) electrons. The van der Waals surface area contributed by atoms with Crippen molar-refractivity contribution >= 4 is 23.4 Å². The average molecular weight is 602 g/mol. The first kappa shape index (κ1) is 38.5. The number of hydrogen-bond donors (Lipinski definition) is 3. The standard InChI is InChI=1S/C24H33N3O5.C7H9Cl.C2H6/c1-4-7-15-27(5-2)24(31)21(29)20(28)22(30)26-16-17-10-12-18(13-11-17)19-9-8-14-25-23(19)32-6-3;1-3-5-6-7(8)4-2;1-2/h8-14,20-21,28-29H,4-7,15-16H2,1-3H3,(H,26,30);3-6H,1H2,2H3;1-2H3/b;6-5-,7-4+;/t20?,21-;;/m1../s1. The van der Waals surface area contributed by atoms with Gasteiger partial charge in [-0.2, -0.15) is 0 Å². The van der Waals surface area contributed by atoms with E-state index in [0.29, 0.717) is 25.6 Å². The van der Waals surface area contributed by atoms with E-state index in [4.69, 9.17) is 16.3 Å². The Hall–Kier alpha value is -3.46. The molecule has 0 aliphatic carbocycles. The molecule has 2 amide bonds. The van der Waals surface area contributed by atoms with Crippen molar-refractivity contribution in [3.05, 3.63) is 84.1 Å². The highest BCUT2D eigenvalue weighted by atomic mass is 35.5. The van der Waals surface area contributed by atoms with Crippen LogP contribution in [0, 0.1) is 0 Å². The van der Waals surface area contributed by atoms with Gasteiger partial charge in [-0.3, -0.25) is 9.59 Å². The van der Waals surface area contributed by atoms with E-state index >= 15 is 0 Å². The van der Waals surface area contributed by atoms with Gasteiger partial charge in [0.1, 0.15) is 0 Å². The van der Waals surface area contributed by atoms with Gasteiger partial charge in [-0.25, -0.2) is 4.98 Å². The van der Waals surface area contributed by atoms with Crippen molar-refractivity contribution in [1.82, 2.24) is 15.2 Å². The summed E-state index contributed by atoms with van der Waals surface area (Å²) in [4.78, 5) is 30.3. The molecule has 2 aromatic rings. The molecule has 1 unspecified atom stereocenters. The normalized spacial score (nSPS) is 12.2. The third-order valence-electron chi connectivity index (χ3n) is 5.75. The van der Waals surface area contributed by atoms with Crippen molar-refractivity contribution in [3.63, 3.8) is 0 Å². The zero-order chi connectivity index (χ0) is 31.9. The summed E-state index contributed by atoms with van der Waals surface area (Å²) in [5, 5.41) is 23.6. The predicted molar refractivity (Wildman–Crippen MR) is 172 cm³/mol. The number of hydrogen-bond acceptors (Lipinski definition) is 6. The first-order valence-electron chi connectivity index (χ1n) is 14.4. The molecule has 1 aromatic carbocycles. The van der Waals surface area contributed by atoms with Gasteiger partial charge in [0.2, 0.25) is 5.88 Å². The van der Waals surface area contributed by atoms with Crippen molar-refractivity contribution in [2.45, 2.75) is 73.1 Å². The lowest BCUT2D eigenvalue weighted by molar-refractivity contribution is -0.153. The molecule has 2 atom stereocenters. The van der Waals surface area contributed by atoms with Crippen LogP contribution in [0.15, 0.2) is 78.5 Å². The van der Waals surface area contributed by atoms with E-state index in [0.717, 1.165) is 34.6 Å². The molecule has 1 heterocycles. The van der Waals surface area contributed by atoms with E-state index < -0.39 is 24.0 Å². The van der Waals surface area contributed by atoms with Crippen LogP contribution in [0.1, 0.15) is 59.9 Å². The average Bonchev–Trinajstić information content (AvgIpc) is 3.03. The number of nitrogens with zero attached hydrogens (tertiary/aromatic N) is 2. The Morgan fingerprint density at radius 3 is 2.33 bits per heavy atom. The molecule has 1 aromatic heterocycles. The smallest absolute Gasteiger partial charge is 0.254 e.